The fraction of sp³-hybridized carbons (Fsp3) is 0.200. The van der Waals surface area contributed by atoms with Gasteiger partial charge in [0.1, 0.15) is 6.10 Å². The average Bonchev–Trinajstić information content (AvgIpc) is 2.73. The van der Waals surface area contributed by atoms with Gasteiger partial charge in [-0.3, -0.25) is 0 Å². The van der Waals surface area contributed by atoms with Crippen molar-refractivity contribution in [3.63, 3.8) is 0 Å². The van der Waals surface area contributed by atoms with Crippen molar-refractivity contribution in [2.45, 2.75) is 13.0 Å². The second-order valence-electron chi connectivity index (χ2n) is 3.01. The molecular weight excluding hydrogens is 280 g/mol. The lowest BCUT2D eigenvalue weighted by atomic mass is 10.2. The van der Waals surface area contributed by atoms with Crippen molar-refractivity contribution < 1.29 is 5.11 Å². The smallest absolute Gasteiger partial charge is 0.123 e. The Morgan fingerprint density at radius 3 is 2.64 bits per heavy atom. The number of rotatable bonds is 2. The molecule has 1 nitrogen and oxygen atoms in total. The highest BCUT2D eigenvalue weighted by atomic mass is 79.9. The zero-order chi connectivity index (χ0) is 10.1. The molecule has 74 valence electrons. The molecule has 0 amide bonds. The first-order valence-corrected chi connectivity index (χ1v) is 6.64. The molecule has 0 fully saturated rings. The van der Waals surface area contributed by atoms with Crippen LogP contribution in [0.5, 0.6) is 0 Å². The zero-order valence-electron chi connectivity index (χ0n) is 7.53. The monoisotopic (exact) mass is 288 g/mol. The maximum atomic E-state index is 10.1. The molecule has 0 saturated carbocycles. The highest BCUT2D eigenvalue weighted by molar-refractivity contribution is 9.11. The molecule has 4 heteroatoms. The van der Waals surface area contributed by atoms with Gasteiger partial charge < -0.3 is 5.11 Å². The highest BCUT2D eigenvalue weighted by Crippen LogP contribution is 2.34. The van der Waals surface area contributed by atoms with Gasteiger partial charge in [-0.05, 0) is 52.0 Å². The van der Waals surface area contributed by atoms with E-state index in [1.54, 1.807) is 22.7 Å². The summed E-state index contributed by atoms with van der Waals surface area (Å²) in [4.78, 5) is 2.03. The third-order valence-corrected chi connectivity index (χ3v) is 4.76. The first-order chi connectivity index (χ1) is 6.68. The van der Waals surface area contributed by atoms with Gasteiger partial charge in [0, 0.05) is 9.75 Å². The van der Waals surface area contributed by atoms with Gasteiger partial charge >= 0.3 is 0 Å². The molecule has 2 aromatic heterocycles. The second-order valence-corrected chi connectivity index (χ2v) is 6.45. The van der Waals surface area contributed by atoms with E-state index in [1.807, 2.05) is 30.5 Å². The van der Waals surface area contributed by atoms with E-state index >= 15 is 0 Å². The normalized spacial score (nSPS) is 13.1. The van der Waals surface area contributed by atoms with Crippen LogP contribution in [0.25, 0.3) is 0 Å². The van der Waals surface area contributed by atoms with E-state index in [-0.39, 0.29) is 0 Å². The minimum atomic E-state index is -0.466. The maximum Gasteiger partial charge on any atom is 0.123 e. The van der Waals surface area contributed by atoms with Crippen molar-refractivity contribution in [1.82, 2.24) is 0 Å². The largest absolute Gasteiger partial charge is 0.382 e. The number of thiophene rings is 2. The van der Waals surface area contributed by atoms with Crippen LogP contribution in [0.15, 0.2) is 27.4 Å². The van der Waals surface area contributed by atoms with Gasteiger partial charge in [-0.25, -0.2) is 0 Å². The van der Waals surface area contributed by atoms with Crippen LogP contribution in [-0.2, 0) is 0 Å². The fourth-order valence-electron chi connectivity index (χ4n) is 1.27. The van der Waals surface area contributed by atoms with E-state index in [0.29, 0.717) is 0 Å². The third kappa shape index (κ3) is 1.93. The Bertz CT molecular complexity index is 433. The van der Waals surface area contributed by atoms with Gasteiger partial charge in [-0.2, -0.15) is 0 Å². The predicted molar refractivity (Wildman–Crippen MR) is 65.1 cm³/mol. The Hall–Kier alpha value is -0.160. The van der Waals surface area contributed by atoms with Gasteiger partial charge in [-0.1, -0.05) is 0 Å². The van der Waals surface area contributed by atoms with Gasteiger partial charge in [0.05, 0.1) is 3.79 Å². The zero-order valence-corrected chi connectivity index (χ0v) is 10.7. The van der Waals surface area contributed by atoms with Crippen molar-refractivity contribution in [2.75, 3.05) is 0 Å². The molecule has 14 heavy (non-hydrogen) atoms. The quantitative estimate of drug-likeness (QED) is 0.887. The van der Waals surface area contributed by atoms with E-state index in [1.165, 1.54) is 0 Å². The van der Waals surface area contributed by atoms with Gasteiger partial charge in [-0.15, -0.1) is 22.7 Å². The molecule has 1 unspecified atom stereocenters. The summed E-state index contributed by atoms with van der Waals surface area (Å²) in [5.41, 5.74) is 1.16. The third-order valence-electron chi connectivity index (χ3n) is 2.01. The number of aliphatic hydroxyl groups excluding tert-OH is 1. The average molecular weight is 289 g/mol. The van der Waals surface area contributed by atoms with E-state index in [9.17, 15) is 5.11 Å². The summed E-state index contributed by atoms with van der Waals surface area (Å²) >= 11 is 6.57. The summed E-state index contributed by atoms with van der Waals surface area (Å²) in [6.45, 7) is 2.03. The summed E-state index contributed by atoms with van der Waals surface area (Å²) in [5, 5.41) is 12.1. The first-order valence-electron chi connectivity index (χ1n) is 4.16. The summed E-state index contributed by atoms with van der Waals surface area (Å²) in [6, 6.07) is 5.95. The Morgan fingerprint density at radius 2 is 2.14 bits per heavy atom. The molecule has 0 aliphatic heterocycles. The Labute approximate surface area is 99.2 Å². The van der Waals surface area contributed by atoms with Gasteiger partial charge in [0.15, 0.2) is 0 Å². The standard InChI is InChI=1S/C10H9BrOS2/c1-6-4-5-13-10(6)9(12)7-2-3-8(11)14-7/h2-5,9,12H,1H3. The van der Waals surface area contributed by atoms with E-state index in [4.69, 9.17) is 0 Å². The Morgan fingerprint density at radius 1 is 1.36 bits per heavy atom. The van der Waals surface area contributed by atoms with Crippen LogP contribution in [-0.4, -0.2) is 5.11 Å². The number of aryl methyl sites for hydroxylation is 1. The minimum absolute atomic E-state index is 0.466. The summed E-state index contributed by atoms with van der Waals surface area (Å²) in [7, 11) is 0. The fourth-order valence-corrected chi connectivity index (χ4v) is 3.69. The van der Waals surface area contributed by atoms with Gasteiger partial charge in [0.25, 0.3) is 0 Å². The number of aliphatic hydroxyl groups is 1. The highest BCUT2D eigenvalue weighted by Gasteiger charge is 2.15. The molecule has 0 saturated heterocycles. The van der Waals surface area contributed by atoms with Crippen LogP contribution in [0.1, 0.15) is 21.4 Å². The molecule has 2 rings (SSSR count). The molecule has 0 bridgehead atoms. The molecular formula is C10H9BrOS2. The van der Waals surface area contributed by atoms with Crippen LogP contribution >= 0.6 is 38.6 Å². The van der Waals surface area contributed by atoms with Crippen molar-refractivity contribution in [3.05, 3.63) is 42.7 Å². The van der Waals surface area contributed by atoms with Crippen LogP contribution in [0, 0.1) is 6.92 Å². The van der Waals surface area contributed by atoms with Gasteiger partial charge in [0.2, 0.25) is 0 Å². The molecule has 2 aromatic rings. The molecule has 2 heterocycles. The first kappa shape index (κ1) is 10.4. The van der Waals surface area contributed by atoms with Crippen LogP contribution in [0.3, 0.4) is 0 Å². The molecule has 0 radical (unpaired) electrons. The van der Waals surface area contributed by atoms with Crippen molar-refractivity contribution in [3.8, 4) is 0 Å². The number of hydrogen-bond acceptors (Lipinski definition) is 3. The predicted octanol–water partition coefficient (Wildman–Crippen LogP) is 3.96. The summed E-state index contributed by atoms with van der Waals surface area (Å²) in [6.07, 6.45) is -0.466. The molecule has 0 aliphatic carbocycles. The Kier molecular flexibility index (Phi) is 3.07. The summed E-state index contributed by atoms with van der Waals surface area (Å²) < 4.78 is 1.06. The molecule has 0 aliphatic rings. The minimum Gasteiger partial charge on any atom is -0.382 e. The molecule has 0 spiro atoms. The number of halogens is 1. The SMILES string of the molecule is Cc1ccsc1C(O)c1ccc(Br)s1. The molecule has 0 aromatic carbocycles. The lowest BCUT2D eigenvalue weighted by Gasteiger charge is -2.06. The van der Waals surface area contributed by atoms with Crippen molar-refractivity contribution in [2.24, 2.45) is 0 Å². The van der Waals surface area contributed by atoms with Crippen molar-refractivity contribution >= 4 is 38.6 Å². The second kappa shape index (κ2) is 4.14. The number of hydrogen-bond donors (Lipinski definition) is 1. The lowest BCUT2D eigenvalue weighted by molar-refractivity contribution is 0.227. The maximum absolute atomic E-state index is 10.1. The molecule has 1 atom stereocenters. The van der Waals surface area contributed by atoms with E-state index in [2.05, 4.69) is 15.9 Å². The summed E-state index contributed by atoms with van der Waals surface area (Å²) in [5.74, 6) is 0. The Balaban J connectivity index is 2.33. The van der Waals surface area contributed by atoms with Crippen LogP contribution < -0.4 is 0 Å². The topological polar surface area (TPSA) is 20.2 Å². The molecule has 1 N–H and O–H groups in total. The van der Waals surface area contributed by atoms with Crippen LogP contribution in [0.2, 0.25) is 0 Å². The lowest BCUT2D eigenvalue weighted by Crippen LogP contribution is -1.95. The van der Waals surface area contributed by atoms with E-state index < -0.39 is 6.10 Å². The van der Waals surface area contributed by atoms with Crippen LogP contribution in [0.4, 0.5) is 0 Å². The van der Waals surface area contributed by atoms with E-state index in [0.717, 1.165) is 19.1 Å². The van der Waals surface area contributed by atoms with Crippen molar-refractivity contribution in [1.29, 1.82) is 0 Å².